The molecule has 0 saturated carbocycles. The molecular weight excluding hydrogens is 262 g/mol. The van der Waals surface area contributed by atoms with Crippen molar-refractivity contribution in [3.05, 3.63) is 29.8 Å². The van der Waals surface area contributed by atoms with Gasteiger partial charge in [-0.25, -0.2) is 0 Å². The number of anilines is 1. The van der Waals surface area contributed by atoms with E-state index in [1.165, 1.54) is 37.0 Å². The van der Waals surface area contributed by atoms with Crippen molar-refractivity contribution in [2.24, 2.45) is 0 Å². The van der Waals surface area contributed by atoms with Crippen LogP contribution >= 0.6 is 0 Å². The molecule has 1 saturated heterocycles. The number of hydrogen-bond acceptors (Lipinski definition) is 2. The zero-order valence-electron chi connectivity index (χ0n) is 12.7. The maximum atomic E-state index is 12.4. The van der Waals surface area contributed by atoms with Gasteiger partial charge >= 0.3 is 0 Å². The molecular formula is C17H24N3O+. The summed E-state index contributed by atoms with van der Waals surface area (Å²) in [5, 5.41) is 11.7. The predicted molar refractivity (Wildman–Crippen MR) is 83.0 cm³/mol. The minimum absolute atomic E-state index is 0.0289. The average molecular weight is 286 g/mol. The summed E-state index contributed by atoms with van der Waals surface area (Å²) in [4.78, 5) is 13.8. The first-order valence-corrected chi connectivity index (χ1v) is 7.86. The normalized spacial score (nSPS) is 18.1. The molecule has 1 aliphatic heterocycles. The van der Waals surface area contributed by atoms with Crippen molar-refractivity contribution in [1.29, 1.82) is 5.26 Å². The monoisotopic (exact) mass is 286 g/mol. The van der Waals surface area contributed by atoms with E-state index in [1.54, 1.807) is 24.3 Å². The molecule has 0 aromatic heterocycles. The van der Waals surface area contributed by atoms with Crippen LogP contribution < -0.4 is 10.2 Å². The Morgan fingerprint density at radius 1 is 1.14 bits per heavy atom. The Bertz CT molecular complexity index is 496. The Balaban J connectivity index is 1.92. The van der Waals surface area contributed by atoms with Crippen LogP contribution in [0.3, 0.4) is 0 Å². The molecule has 0 unspecified atom stereocenters. The number of hydrogen-bond donors (Lipinski definition) is 2. The molecule has 1 aromatic carbocycles. The van der Waals surface area contributed by atoms with E-state index in [4.69, 9.17) is 5.26 Å². The van der Waals surface area contributed by atoms with Crippen LogP contribution in [-0.4, -0.2) is 25.0 Å². The van der Waals surface area contributed by atoms with Crippen molar-refractivity contribution in [1.82, 2.24) is 0 Å². The molecule has 0 spiro atoms. The van der Waals surface area contributed by atoms with Gasteiger partial charge in [-0.2, -0.15) is 5.26 Å². The first-order valence-electron chi connectivity index (χ1n) is 7.86. The molecule has 1 aliphatic rings. The van der Waals surface area contributed by atoms with Gasteiger partial charge in [0.15, 0.2) is 6.04 Å². The molecule has 0 radical (unpaired) electrons. The molecule has 1 fully saturated rings. The first kappa shape index (κ1) is 15.5. The fourth-order valence-corrected chi connectivity index (χ4v) is 2.86. The number of carbonyl (C=O) groups is 1. The molecule has 1 heterocycles. The summed E-state index contributed by atoms with van der Waals surface area (Å²) < 4.78 is 0. The zero-order chi connectivity index (χ0) is 15.1. The summed E-state index contributed by atoms with van der Waals surface area (Å²) in [7, 11) is 0. The number of amides is 1. The molecule has 0 bridgehead atoms. The van der Waals surface area contributed by atoms with E-state index in [0.717, 1.165) is 18.8 Å². The van der Waals surface area contributed by atoms with Crippen molar-refractivity contribution in [2.45, 2.75) is 45.1 Å². The minimum atomic E-state index is -0.0289. The molecule has 1 amide bonds. The molecule has 2 N–H and O–H groups in total. The second kappa shape index (κ2) is 7.80. The fraction of sp³-hybridized carbons (Fsp3) is 0.529. The number of likely N-dealkylation sites (tertiary alicyclic amines) is 1. The number of rotatable bonds is 3. The van der Waals surface area contributed by atoms with Crippen LogP contribution in [0.1, 0.15) is 44.6 Å². The molecule has 0 aliphatic carbocycles. The minimum Gasteiger partial charge on any atom is -0.325 e. The predicted octanol–water partition coefficient (Wildman–Crippen LogP) is 1.73. The summed E-state index contributed by atoms with van der Waals surface area (Å²) >= 11 is 0. The van der Waals surface area contributed by atoms with Crippen LogP contribution in [0, 0.1) is 11.3 Å². The van der Waals surface area contributed by atoms with Crippen molar-refractivity contribution >= 4 is 11.6 Å². The molecule has 4 heteroatoms. The highest BCUT2D eigenvalue weighted by molar-refractivity contribution is 5.93. The van der Waals surface area contributed by atoms with E-state index < -0.39 is 0 Å². The Morgan fingerprint density at radius 3 is 2.29 bits per heavy atom. The van der Waals surface area contributed by atoms with Crippen LogP contribution in [-0.2, 0) is 4.79 Å². The lowest BCUT2D eigenvalue weighted by Gasteiger charge is -2.26. The zero-order valence-corrected chi connectivity index (χ0v) is 12.7. The maximum absolute atomic E-state index is 12.4. The van der Waals surface area contributed by atoms with E-state index in [1.807, 2.05) is 6.92 Å². The Kier molecular flexibility index (Phi) is 5.77. The fourth-order valence-electron chi connectivity index (χ4n) is 2.86. The Labute approximate surface area is 126 Å². The second-order valence-corrected chi connectivity index (χ2v) is 5.83. The van der Waals surface area contributed by atoms with Crippen LogP contribution in [0.15, 0.2) is 24.3 Å². The van der Waals surface area contributed by atoms with E-state index in [0.29, 0.717) is 5.56 Å². The van der Waals surface area contributed by atoms with Gasteiger partial charge in [0, 0.05) is 5.69 Å². The van der Waals surface area contributed by atoms with Gasteiger partial charge in [-0.15, -0.1) is 0 Å². The van der Waals surface area contributed by atoms with Crippen LogP contribution in [0.4, 0.5) is 5.69 Å². The summed E-state index contributed by atoms with van der Waals surface area (Å²) in [5.41, 5.74) is 1.37. The molecule has 1 atom stereocenters. The largest absolute Gasteiger partial charge is 0.325 e. The lowest BCUT2D eigenvalue weighted by Crippen LogP contribution is -3.16. The van der Waals surface area contributed by atoms with Crippen LogP contribution in [0.5, 0.6) is 0 Å². The van der Waals surface area contributed by atoms with Gasteiger partial charge in [0.1, 0.15) is 0 Å². The number of quaternary nitrogens is 1. The summed E-state index contributed by atoms with van der Waals surface area (Å²) in [6.45, 7) is 4.18. The lowest BCUT2D eigenvalue weighted by molar-refractivity contribution is -0.914. The highest BCUT2D eigenvalue weighted by Crippen LogP contribution is 2.09. The van der Waals surface area contributed by atoms with Crippen LogP contribution in [0.2, 0.25) is 0 Å². The summed E-state index contributed by atoms with van der Waals surface area (Å²) in [5.74, 6) is 0.0651. The van der Waals surface area contributed by atoms with E-state index in [2.05, 4.69) is 11.4 Å². The highest BCUT2D eigenvalue weighted by Gasteiger charge is 2.25. The SMILES string of the molecule is C[C@@H](C(=O)Nc1ccc(C#N)cc1)[NH+]1CCCCCCC1. The number of carbonyl (C=O) groups excluding carboxylic acids is 1. The highest BCUT2D eigenvalue weighted by atomic mass is 16.2. The first-order chi connectivity index (χ1) is 10.2. The summed E-state index contributed by atoms with van der Waals surface area (Å²) in [6.07, 6.45) is 6.33. The van der Waals surface area contributed by atoms with Crippen molar-refractivity contribution in [2.75, 3.05) is 18.4 Å². The molecule has 1 aromatic rings. The van der Waals surface area contributed by atoms with Crippen molar-refractivity contribution < 1.29 is 9.69 Å². The van der Waals surface area contributed by atoms with E-state index in [-0.39, 0.29) is 11.9 Å². The second-order valence-electron chi connectivity index (χ2n) is 5.83. The van der Waals surface area contributed by atoms with Crippen molar-refractivity contribution in [3.8, 4) is 6.07 Å². The number of benzene rings is 1. The molecule has 4 nitrogen and oxygen atoms in total. The van der Waals surface area contributed by atoms with Gasteiger partial charge in [0.2, 0.25) is 0 Å². The van der Waals surface area contributed by atoms with Gasteiger partial charge in [-0.05, 0) is 56.9 Å². The standard InChI is InChI=1S/C17H23N3O/c1-14(20-11-5-3-2-4-6-12-20)17(21)19-16-9-7-15(13-18)8-10-16/h7-10,14H,2-6,11-12H2,1H3,(H,19,21)/p+1/t14-/m0/s1. The summed E-state index contributed by atoms with van der Waals surface area (Å²) in [6, 6.07) is 9.07. The number of nitrogens with one attached hydrogen (secondary N) is 2. The van der Waals surface area contributed by atoms with Gasteiger partial charge in [0.25, 0.3) is 5.91 Å². The van der Waals surface area contributed by atoms with E-state index in [9.17, 15) is 4.79 Å². The molecule has 2 rings (SSSR count). The Hall–Kier alpha value is -1.86. The third-order valence-electron chi connectivity index (χ3n) is 4.28. The average Bonchev–Trinajstić information content (AvgIpc) is 2.47. The maximum Gasteiger partial charge on any atom is 0.282 e. The van der Waals surface area contributed by atoms with Crippen molar-refractivity contribution in [3.63, 3.8) is 0 Å². The molecule has 21 heavy (non-hydrogen) atoms. The quantitative estimate of drug-likeness (QED) is 0.889. The third kappa shape index (κ3) is 4.57. The number of nitrogens with zero attached hydrogens (tertiary/aromatic N) is 1. The van der Waals surface area contributed by atoms with Gasteiger partial charge in [0.05, 0.1) is 24.7 Å². The van der Waals surface area contributed by atoms with Gasteiger partial charge in [-0.3, -0.25) is 4.79 Å². The van der Waals surface area contributed by atoms with Gasteiger partial charge in [-0.1, -0.05) is 6.42 Å². The smallest absolute Gasteiger partial charge is 0.282 e. The lowest BCUT2D eigenvalue weighted by atomic mass is 10.1. The molecule has 112 valence electrons. The topological polar surface area (TPSA) is 57.3 Å². The third-order valence-corrected chi connectivity index (χ3v) is 4.28. The van der Waals surface area contributed by atoms with E-state index >= 15 is 0 Å². The van der Waals surface area contributed by atoms with Gasteiger partial charge < -0.3 is 10.2 Å². The van der Waals surface area contributed by atoms with Crippen LogP contribution in [0.25, 0.3) is 0 Å². The Morgan fingerprint density at radius 2 is 1.71 bits per heavy atom. The number of nitriles is 1.